The molecule has 0 amide bonds. The van der Waals surface area contributed by atoms with Gasteiger partial charge in [-0.1, -0.05) is 60.2 Å². The molecule has 1 heterocycles. The van der Waals surface area contributed by atoms with Crippen molar-refractivity contribution >= 4 is 38.3 Å². The summed E-state index contributed by atoms with van der Waals surface area (Å²) < 4.78 is 27.7. The van der Waals surface area contributed by atoms with Gasteiger partial charge in [0.05, 0.1) is 10.4 Å². The van der Waals surface area contributed by atoms with Crippen molar-refractivity contribution in [3.05, 3.63) is 102 Å². The molecule has 0 spiro atoms. The van der Waals surface area contributed by atoms with Gasteiger partial charge in [-0.25, -0.2) is 12.4 Å². The Balaban J connectivity index is 1.42. The van der Waals surface area contributed by atoms with Crippen LogP contribution in [0.1, 0.15) is 16.7 Å². The van der Waals surface area contributed by atoms with Crippen LogP contribution in [0.3, 0.4) is 0 Å². The third-order valence-electron chi connectivity index (χ3n) is 5.29. The van der Waals surface area contributed by atoms with Gasteiger partial charge in [0.25, 0.3) is 10.0 Å². The lowest BCUT2D eigenvalue weighted by Gasteiger charge is -2.11. The average molecular weight is 464 g/mol. The van der Waals surface area contributed by atoms with E-state index in [1.165, 1.54) is 3.97 Å². The highest BCUT2D eigenvalue weighted by Gasteiger charge is 2.18. The van der Waals surface area contributed by atoms with E-state index in [9.17, 15) is 8.42 Å². The van der Waals surface area contributed by atoms with Gasteiger partial charge in [-0.05, 0) is 61.0 Å². The molecule has 0 aliphatic carbocycles. The fourth-order valence-electron chi connectivity index (χ4n) is 3.50. The third-order valence-corrected chi connectivity index (χ3v) is 7.29. The van der Waals surface area contributed by atoms with E-state index in [-0.39, 0.29) is 4.90 Å². The second-order valence-corrected chi connectivity index (χ2v) is 9.89. The Labute approximate surface area is 194 Å². The Morgan fingerprint density at radius 3 is 2.41 bits per heavy atom. The Bertz CT molecular complexity index is 1330. The summed E-state index contributed by atoms with van der Waals surface area (Å²) in [5.41, 5.74) is 3.90. The van der Waals surface area contributed by atoms with Gasteiger partial charge in [-0.2, -0.15) is 0 Å². The largest absolute Gasteiger partial charge is 0.362 e. The van der Waals surface area contributed by atoms with Crippen LogP contribution < -0.4 is 10.6 Å². The van der Waals surface area contributed by atoms with Crippen molar-refractivity contribution in [3.8, 4) is 0 Å². The summed E-state index contributed by atoms with van der Waals surface area (Å²) in [5.74, 6) is 0. The van der Waals surface area contributed by atoms with Crippen molar-refractivity contribution in [1.82, 2.24) is 14.6 Å². The first kappa shape index (κ1) is 22.0. The SMILES string of the molecule is Cc1ccc(S(=O)(=O)n2ccc3ccc(CCNC(=S)NCc4ccccc4)cc32)cc1. The topological polar surface area (TPSA) is 63.1 Å². The molecule has 164 valence electrons. The molecule has 3 aromatic carbocycles. The zero-order valence-corrected chi connectivity index (χ0v) is 19.4. The number of fused-ring (bicyclic) bond motifs is 1. The molecule has 0 aliphatic rings. The second-order valence-electron chi connectivity index (χ2n) is 7.67. The average Bonchev–Trinajstić information content (AvgIpc) is 3.23. The van der Waals surface area contributed by atoms with Crippen LogP contribution in [0, 0.1) is 6.92 Å². The summed E-state index contributed by atoms with van der Waals surface area (Å²) in [4.78, 5) is 0.280. The molecule has 2 N–H and O–H groups in total. The molecular formula is C25H25N3O2S2. The number of nitrogens with one attached hydrogen (secondary N) is 2. The van der Waals surface area contributed by atoms with Gasteiger partial charge in [-0.15, -0.1) is 0 Å². The van der Waals surface area contributed by atoms with Gasteiger partial charge in [-0.3, -0.25) is 0 Å². The van der Waals surface area contributed by atoms with Gasteiger partial charge in [0, 0.05) is 24.7 Å². The van der Waals surface area contributed by atoms with Crippen molar-refractivity contribution in [2.75, 3.05) is 6.54 Å². The molecule has 0 aliphatic heterocycles. The summed E-state index contributed by atoms with van der Waals surface area (Å²) in [6.07, 6.45) is 2.34. The Morgan fingerprint density at radius 1 is 0.906 bits per heavy atom. The van der Waals surface area contributed by atoms with E-state index in [0.717, 1.165) is 28.5 Å². The summed E-state index contributed by atoms with van der Waals surface area (Å²) in [6.45, 7) is 3.26. The van der Waals surface area contributed by atoms with Crippen LogP contribution in [0.15, 0.2) is 90.0 Å². The zero-order valence-electron chi connectivity index (χ0n) is 17.8. The van der Waals surface area contributed by atoms with E-state index in [2.05, 4.69) is 10.6 Å². The molecular weight excluding hydrogens is 438 g/mol. The van der Waals surface area contributed by atoms with Crippen LogP contribution in [-0.2, 0) is 23.0 Å². The van der Waals surface area contributed by atoms with Crippen molar-refractivity contribution in [3.63, 3.8) is 0 Å². The van der Waals surface area contributed by atoms with Crippen LogP contribution in [-0.4, -0.2) is 24.0 Å². The fraction of sp³-hybridized carbons (Fsp3) is 0.160. The van der Waals surface area contributed by atoms with Gasteiger partial charge in [0.1, 0.15) is 0 Å². The molecule has 32 heavy (non-hydrogen) atoms. The highest BCUT2D eigenvalue weighted by Crippen LogP contribution is 2.23. The number of nitrogens with zero attached hydrogens (tertiary/aromatic N) is 1. The van der Waals surface area contributed by atoms with Gasteiger partial charge < -0.3 is 10.6 Å². The molecule has 0 fully saturated rings. The van der Waals surface area contributed by atoms with Crippen molar-refractivity contribution in [2.24, 2.45) is 0 Å². The van der Waals surface area contributed by atoms with Gasteiger partial charge >= 0.3 is 0 Å². The molecule has 0 unspecified atom stereocenters. The first-order chi connectivity index (χ1) is 15.4. The van der Waals surface area contributed by atoms with E-state index in [4.69, 9.17) is 12.2 Å². The number of aryl methyl sites for hydroxylation is 1. The lowest BCUT2D eigenvalue weighted by Crippen LogP contribution is -2.35. The molecule has 4 aromatic rings. The maximum absolute atomic E-state index is 13.1. The molecule has 4 rings (SSSR count). The molecule has 0 atom stereocenters. The summed E-state index contributed by atoms with van der Waals surface area (Å²) in [6, 6.07) is 24.7. The van der Waals surface area contributed by atoms with Crippen LogP contribution in [0.4, 0.5) is 0 Å². The number of hydrogen-bond donors (Lipinski definition) is 2. The minimum Gasteiger partial charge on any atom is -0.362 e. The fourth-order valence-corrected chi connectivity index (χ4v) is 5.02. The Morgan fingerprint density at radius 2 is 1.66 bits per heavy atom. The van der Waals surface area contributed by atoms with E-state index < -0.39 is 10.0 Å². The van der Waals surface area contributed by atoms with Crippen molar-refractivity contribution < 1.29 is 8.42 Å². The molecule has 0 radical (unpaired) electrons. The minimum absolute atomic E-state index is 0.280. The first-order valence-electron chi connectivity index (χ1n) is 10.4. The summed E-state index contributed by atoms with van der Waals surface area (Å²) in [7, 11) is -3.65. The van der Waals surface area contributed by atoms with Crippen LogP contribution in [0.2, 0.25) is 0 Å². The Kier molecular flexibility index (Phi) is 6.58. The number of rotatable bonds is 7. The smallest absolute Gasteiger partial charge is 0.268 e. The summed E-state index contributed by atoms with van der Waals surface area (Å²) in [5, 5.41) is 7.90. The van der Waals surface area contributed by atoms with Gasteiger partial charge in [0.15, 0.2) is 5.11 Å². The first-order valence-corrected chi connectivity index (χ1v) is 12.3. The molecule has 0 bridgehead atoms. The lowest BCUT2D eigenvalue weighted by atomic mass is 10.1. The normalized spacial score (nSPS) is 11.4. The molecule has 1 aromatic heterocycles. The molecule has 0 saturated heterocycles. The molecule has 7 heteroatoms. The number of hydrogen-bond acceptors (Lipinski definition) is 3. The van der Waals surface area contributed by atoms with Crippen LogP contribution >= 0.6 is 12.2 Å². The monoisotopic (exact) mass is 463 g/mol. The number of benzene rings is 3. The highest BCUT2D eigenvalue weighted by atomic mass is 32.2. The van der Waals surface area contributed by atoms with E-state index in [1.807, 2.05) is 73.7 Å². The summed E-state index contributed by atoms with van der Waals surface area (Å²) >= 11 is 5.36. The predicted molar refractivity (Wildman–Crippen MR) is 133 cm³/mol. The highest BCUT2D eigenvalue weighted by molar-refractivity contribution is 7.90. The predicted octanol–water partition coefficient (Wildman–Crippen LogP) is 4.39. The van der Waals surface area contributed by atoms with E-state index in [0.29, 0.717) is 23.7 Å². The quantitative estimate of drug-likeness (QED) is 0.398. The van der Waals surface area contributed by atoms with E-state index >= 15 is 0 Å². The maximum Gasteiger partial charge on any atom is 0.268 e. The second kappa shape index (κ2) is 9.54. The molecule has 0 saturated carbocycles. The van der Waals surface area contributed by atoms with Gasteiger partial charge in [0.2, 0.25) is 0 Å². The van der Waals surface area contributed by atoms with Crippen molar-refractivity contribution in [1.29, 1.82) is 0 Å². The third kappa shape index (κ3) is 5.00. The minimum atomic E-state index is -3.65. The standard InChI is InChI=1S/C25H25N3O2S2/c1-19-7-11-23(12-8-19)32(29,30)28-16-14-22-10-9-20(17-24(22)28)13-15-26-25(31)27-18-21-5-3-2-4-6-21/h2-12,14,16-17H,13,15,18H2,1H3,(H2,26,27,31). The van der Waals surface area contributed by atoms with Crippen LogP contribution in [0.5, 0.6) is 0 Å². The number of thiocarbonyl (C=S) groups is 1. The zero-order chi connectivity index (χ0) is 22.6. The van der Waals surface area contributed by atoms with Crippen molar-refractivity contribution in [2.45, 2.75) is 24.8 Å². The van der Waals surface area contributed by atoms with Crippen LogP contribution in [0.25, 0.3) is 10.9 Å². The lowest BCUT2D eigenvalue weighted by molar-refractivity contribution is 0.589. The van der Waals surface area contributed by atoms with E-state index in [1.54, 1.807) is 18.3 Å². The maximum atomic E-state index is 13.1. The Hall–Kier alpha value is -3.16. The number of aromatic nitrogens is 1. The molecule has 5 nitrogen and oxygen atoms in total.